The first-order chi connectivity index (χ1) is 10.1. The van der Waals surface area contributed by atoms with E-state index in [9.17, 15) is 9.59 Å². The Bertz CT molecular complexity index is 661. The SMILES string of the molecule is COC(=O)c1c(NC(=O)c2ccc(OC)cc2)cnn1C. The zero-order chi connectivity index (χ0) is 15.4. The number of aromatic nitrogens is 2. The van der Waals surface area contributed by atoms with Crippen LogP contribution >= 0.6 is 0 Å². The van der Waals surface area contributed by atoms with Crippen LogP contribution in [-0.2, 0) is 11.8 Å². The predicted octanol–water partition coefficient (Wildman–Crippen LogP) is 1.47. The number of ether oxygens (including phenoxy) is 2. The maximum absolute atomic E-state index is 12.1. The predicted molar refractivity (Wildman–Crippen MR) is 75.5 cm³/mol. The van der Waals surface area contributed by atoms with Gasteiger partial charge in [-0.1, -0.05) is 0 Å². The summed E-state index contributed by atoms with van der Waals surface area (Å²) in [5, 5.41) is 6.58. The van der Waals surface area contributed by atoms with Gasteiger partial charge in [0, 0.05) is 12.6 Å². The van der Waals surface area contributed by atoms with Crippen LogP contribution < -0.4 is 10.1 Å². The van der Waals surface area contributed by atoms with Crippen LogP contribution in [-0.4, -0.2) is 35.9 Å². The minimum atomic E-state index is -0.569. The van der Waals surface area contributed by atoms with Crippen molar-refractivity contribution in [1.29, 1.82) is 0 Å². The van der Waals surface area contributed by atoms with Gasteiger partial charge in [-0.25, -0.2) is 4.79 Å². The molecule has 21 heavy (non-hydrogen) atoms. The molecular weight excluding hydrogens is 274 g/mol. The molecule has 0 atom stereocenters. The topological polar surface area (TPSA) is 82.4 Å². The summed E-state index contributed by atoms with van der Waals surface area (Å²) >= 11 is 0. The molecule has 7 heteroatoms. The van der Waals surface area contributed by atoms with Crippen molar-refractivity contribution in [3.63, 3.8) is 0 Å². The number of nitrogens with zero attached hydrogens (tertiary/aromatic N) is 2. The van der Waals surface area contributed by atoms with Gasteiger partial charge in [-0.05, 0) is 24.3 Å². The van der Waals surface area contributed by atoms with Crippen molar-refractivity contribution in [3.8, 4) is 5.75 Å². The molecule has 1 aromatic carbocycles. The molecule has 0 radical (unpaired) electrons. The van der Waals surface area contributed by atoms with Crippen molar-refractivity contribution in [2.24, 2.45) is 7.05 Å². The lowest BCUT2D eigenvalue weighted by Crippen LogP contribution is -2.16. The molecule has 1 aromatic heterocycles. The summed E-state index contributed by atoms with van der Waals surface area (Å²) in [6.45, 7) is 0. The highest BCUT2D eigenvalue weighted by atomic mass is 16.5. The molecule has 1 heterocycles. The Morgan fingerprint density at radius 3 is 2.43 bits per heavy atom. The zero-order valence-corrected chi connectivity index (χ0v) is 11.9. The third kappa shape index (κ3) is 3.02. The van der Waals surface area contributed by atoms with Crippen LogP contribution in [0.5, 0.6) is 5.75 Å². The van der Waals surface area contributed by atoms with Crippen LogP contribution in [0.4, 0.5) is 5.69 Å². The van der Waals surface area contributed by atoms with Gasteiger partial charge >= 0.3 is 5.97 Å². The third-order valence-electron chi connectivity index (χ3n) is 2.92. The van der Waals surface area contributed by atoms with Crippen molar-refractivity contribution in [1.82, 2.24) is 9.78 Å². The van der Waals surface area contributed by atoms with Crippen molar-refractivity contribution in [2.45, 2.75) is 0 Å². The average molecular weight is 289 g/mol. The molecule has 0 unspecified atom stereocenters. The molecule has 0 spiro atoms. The first-order valence-electron chi connectivity index (χ1n) is 6.12. The Labute approximate surface area is 121 Å². The van der Waals surface area contributed by atoms with Gasteiger partial charge < -0.3 is 14.8 Å². The van der Waals surface area contributed by atoms with Crippen LogP contribution in [0.15, 0.2) is 30.5 Å². The normalized spacial score (nSPS) is 10.0. The lowest BCUT2D eigenvalue weighted by atomic mass is 10.2. The lowest BCUT2D eigenvalue weighted by molar-refractivity contribution is 0.0589. The van der Waals surface area contributed by atoms with E-state index in [-0.39, 0.29) is 11.6 Å². The Morgan fingerprint density at radius 1 is 1.19 bits per heavy atom. The number of anilines is 1. The van der Waals surface area contributed by atoms with Crippen molar-refractivity contribution in [2.75, 3.05) is 19.5 Å². The fourth-order valence-corrected chi connectivity index (χ4v) is 1.80. The van der Waals surface area contributed by atoms with E-state index < -0.39 is 5.97 Å². The maximum Gasteiger partial charge on any atom is 0.358 e. The van der Waals surface area contributed by atoms with Gasteiger partial charge in [0.1, 0.15) is 5.75 Å². The summed E-state index contributed by atoms with van der Waals surface area (Å²) in [6, 6.07) is 6.61. The summed E-state index contributed by atoms with van der Waals surface area (Å²) in [4.78, 5) is 23.8. The number of methoxy groups -OCH3 is 2. The largest absolute Gasteiger partial charge is 0.497 e. The number of aryl methyl sites for hydroxylation is 1. The minimum absolute atomic E-state index is 0.180. The molecule has 1 amide bonds. The maximum atomic E-state index is 12.1. The number of nitrogens with one attached hydrogen (secondary N) is 1. The molecule has 1 N–H and O–H groups in total. The molecule has 0 aliphatic carbocycles. The fourth-order valence-electron chi connectivity index (χ4n) is 1.80. The average Bonchev–Trinajstić information content (AvgIpc) is 2.87. The van der Waals surface area contributed by atoms with E-state index in [0.717, 1.165) is 0 Å². The molecule has 0 saturated carbocycles. The van der Waals surface area contributed by atoms with Crippen LogP contribution in [0.2, 0.25) is 0 Å². The van der Waals surface area contributed by atoms with Gasteiger partial charge in [0.05, 0.1) is 26.1 Å². The first kappa shape index (κ1) is 14.6. The van der Waals surface area contributed by atoms with E-state index in [1.165, 1.54) is 18.0 Å². The Hall–Kier alpha value is -2.83. The number of hydrogen-bond donors (Lipinski definition) is 1. The Balaban J connectivity index is 2.21. The van der Waals surface area contributed by atoms with E-state index in [1.807, 2.05) is 0 Å². The molecule has 110 valence electrons. The number of carbonyl (C=O) groups is 2. The van der Waals surface area contributed by atoms with E-state index in [2.05, 4.69) is 15.2 Å². The molecule has 0 bridgehead atoms. The molecule has 0 aliphatic rings. The molecule has 2 aromatic rings. The van der Waals surface area contributed by atoms with Gasteiger partial charge in [0.15, 0.2) is 5.69 Å². The summed E-state index contributed by atoms with van der Waals surface area (Å²) < 4.78 is 11.0. The highest BCUT2D eigenvalue weighted by molar-refractivity contribution is 6.07. The van der Waals surface area contributed by atoms with Gasteiger partial charge in [-0.3, -0.25) is 9.48 Å². The summed E-state index contributed by atoms with van der Waals surface area (Å²) in [7, 11) is 4.41. The Kier molecular flexibility index (Phi) is 4.22. The molecule has 2 rings (SSSR count). The van der Waals surface area contributed by atoms with Crippen LogP contribution in [0.1, 0.15) is 20.8 Å². The number of hydrogen-bond acceptors (Lipinski definition) is 5. The first-order valence-corrected chi connectivity index (χ1v) is 6.12. The smallest absolute Gasteiger partial charge is 0.358 e. The van der Waals surface area contributed by atoms with E-state index >= 15 is 0 Å². The van der Waals surface area contributed by atoms with Gasteiger partial charge in [0.2, 0.25) is 0 Å². The quantitative estimate of drug-likeness (QED) is 0.862. The van der Waals surface area contributed by atoms with Crippen LogP contribution in [0.3, 0.4) is 0 Å². The van der Waals surface area contributed by atoms with E-state index in [1.54, 1.807) is 38.4 Å². The second kappa shape index (κ2) is 6.08. The second-order valence-electron chi connectivity index (χ2n) is 4.20. The molecule has 0 aliphatic heterocycles. The van der Waals surface area contributed by atoms with Crippen molar-refractivity contribution < 1.29 is 19.1 Å². The summed E-state index contributed by atoms with van der Waals surface area (Å²) in [5.41, 5.74) is 0.917. The number of benzene rings is 1. The van der Waals surface area contributed by atoms with Gasteiger partial charge in [-0.2, -0.15) is 5.10 Å². The van der Waals surface area contributed by atoms with Gasteiger partial charge in [0.25, 0.3) is 5.91 Å². The highest BCUT2D eigenvalue weighted by Crippen LogP contribution is 2.17. The van der Waals surface area contributed by atoms with Crippen LogP contribution in [0, 0.1) is 0 Å². The van der Waals surface area contributed by atoms with Gasteiger partial charge in [-0.15, -0.1) is 0 Å². The highest BCUT2D eigenvalue weighted by Gasteiger charge is 2.19. The molecule has 0 fully saturated rings. The molecular formula is C14H15N3O4. The summed E-state index contributed by atoms with van der Waals surface area (Å²) in [5.74, 6) is -0.265. The zero-order valence-electron chi connectivity index (χ0n) is 11.9. The van der Waals surface area contributed by atoms with E-state index in [4.69, 9.17) is 4.74 Å². The number of amides is 1. The molecule has 7 nitrogen and oxygen atoms in total. The molecule has 0 saturated heterocycles. The number of rotatable bonds is 4. The minimum Gasteiger partial charge on any atom is -0.497 e. The monoisotopic (exact) mass is 289 g/mol. The summed E-state index contributed by atoms with van der Waals surface area (Å²) in [6.07, 6.45) is 1.40. The number of carbonyl (C=O) groups excluding carboxylic acids is 2. The Morgan fingerprint density at radius 2 is 1.86 bits per heavy atom. The van der Waals surface area contributed by atoms with Crippen molar-refractivity contribution >= 4 is 17.6 Å². The standard InChI is InChI=1S/C14H15N3O4/c1-17-12(14(19)21-3)11(8-15-17)16-13(18)9-4-6-10(20-2)7-5-9/h4-8H,1-3H3,(H,16,18). The van der Waals surface area contributed by atoms with E-state index in [0.29, 0.717) is 17.0 Å². The second-order valence-corrected chi connectivity index (χ2v) is 4.20. The van der Waals surface area contributed by atoms with Crippen molar-refractivity contribution in [3.05, 3.63) is 41.7 Å². The third-order valence-corrected chi connectivity index (χ3v) is 2.92. The lowest BCUT2D eigenvalue weighted by Gasteiger charge is -2.07. The fraction of sp³-hybridized carbons (Fsp3) is 0.214. The number of esters is 1. The van der Waals surface area contributed by atoms with Crippen LogP contribution in [0.25, 0.3) is 0 Å².